The average Bonchev–Trinajstić information content (AvgIpc) is 2.18. The van der Waals surface area contributed by atoms with E-state index in [1.54, 1.807) is 19.2 Å². The lowest BCUT2D eigenvalue weighted by Crippen LogP contribution is -1.92. The standard InChI is InChI=1S/C11H13NO2/c1-14-11-6-5-9(8-10(11)12)4-2-3-7-13/h5-6,8,13H,3,7,12H2,1H3. The highest BCUT2D eigenvalue weighted by molar-refractivity contribution is 5.57. The molecule has 0 bridgehead atoms. The van der Waals surface area contributed by atoms with Crippen LogP contribution in [-0.4, -0.2) is 18.8 Å². The molecule has 0 aliphatic rings. The molecule has 0 aliphatic carbocycles. The Morgan fingerprint density at radius 2 is 2.29 bits per heavy atom. The molecule has 3 N–H and O–H groups in total. The van der Waals surface area contributed by atoms with Crippen molar-refractivity contribution in [2.45, 2.75) is 6.42 Å². The summed E-state index contributed by atoms with van der Waals surface area (Å²) in [6.45, 7) is 0.0820. The molecule has 0 amide bonds. The highest BCUT2D eigenvalue weighted by Crippen LogP contribution is 2.21. The lowest BCUT2D eigenvalue weighted by Gasteiger charge is -2.03. The topological polar surface area (TPSA) is 55.5 Å². The number of methoxy groups -OCH3 is 1. The van der Waals surface area contributed by atoms with E-state index in [-0.39, 0.29) is 6.61 Å². The predicted molar refractivity (Wildman–Crippen MR) is 56.0 cm³/mol. The molecule has 3 heteroatoms. The number of nitrogen functional groups attached to an aromatic ring is 1. The smallest absolute Gasteiger partial charge is 0.141 e. The summed E-state index contributed by atoms with van der Waals surface area (Å²) in [5.41, 5.74) is 7.10. The molecule has 0 aliphatic heterocycles. The Balaban J connectivity index is 2.82. The normalized spacial score (nSPS) is 9.00. The second kappa shape index (κ2) is 5.15. The largest absolute Gasteiger partial charge is 0.495 e. The molecular formula is C11H13NO2. The molecule has 0 heterocycles. The van der Waals surface area contributed by atoms with Crippen molar-refractivity contribution in [3.8, 4) is 17.6 Å². The molecule has 0 radical (unpaired) electrons. The first-order chi connectivity index (χ1) is 6.77. The number of hydrogen-bond acceptors (Lipinski definition) is 3. The minimum atomic E-state index is 0.0820. The van der Waals surface area contributed by atoms with Gasteiger partial charge in [-0.3, -0.25) is 0 Å². The number of nitrogens with two attached hydrogens (primary N) is 1. The lowest BCUT2D eigenvalue weighted by atomic mass is 10.2. The van der Waals surface area contributed by atoms with Gasteiger partial charge in [0.2, 0.25) is 0 Å². The van der Waals surface area contributed by atoms with Crippen LogP contribution in [0.5, 0.6) is 5.75 Å². The van der Waals surface area contributed by atoms with Crippen LogP contribution in [0.2, 0.25) is 0 Å². The first-order valence-electron chi connectivity index (χ1n) is 4.31. The van der Waals surface area contributed by atoms with Crippen LogP contribution in [0, 0.1) is 11.8 Å². The van der Waals surface area contributed by atoms with E-state index in [2.05, 4.69) is 11.8 Å². The third-order valence-corrected chi connectivity index (χ3v) is 1.70. The van der Waals surface area contributed by atoms with Gasteiger partial charge in [-0.2, -0.15) is 0 Å². The molecule has 0 unspecified atom stereocenters. The highest BCUT2D eigenvalue weighted by atomic mass is 16.5. The van der Waals surface area contributed by atoms with Gasteiger partial charge >= 0.3 is 0 Å². The predicted octanol–water partition coefficient (Wildman–Crippen LogP) is 1.01. The van der Waals surface area contributed by atoms with Crippen LogP contribution in [-0.2, 0) is 0 Å². The van der Waals surface area contributed by atoms with E-state index in [1.807, 2.05) is 6.07 Å². The van der Waals surface area contributed by atoms with Crippen LogP contribution < -0.4 is 10.5 Å². The van der Waals surface area contributed by atoms with Gasteiger partial charge in [0.1, 0.15) is 5.75 Å². The van der Waals surface area contributed by atoms with Crippen LogP contribution in [0.3, 0.4) is 0 Å². The second-order valence-corrected chi connectivity index (χ2v) is 2.73. The Morgan fingerprint density at radius 3 is 2.86 bits per heavy atom. The first kappa shape index (κ1) is 10.4. The maximum atomic E-state index is 8.53. The minimum absolute atomic E-state index is 0.0820. The lowest BCUT2D eigenvalue weighted by molar-refractivity contribution is 0.305. The fraction of sp³-hybridized carbons (Fsp3) is 0.273. The molecule has 1 aromatic rings. The number of benzene rings is 1. The molecule has 0 fully saturated rings. The van der Waals surface area contributed by atoms with E-state index in [9.17, 15) is 0 Å². The van der Waals surface area contributed by atoms with Crippen molar-refractivity contribution in [3.05, 3.63) is 23.8 Å². The summed E-state index contributed by atoms with van der Waals surface area (Å²) < 4.78 is 5.01. The molecule has 0 spiro atoms. The highest BCUT2D eigenvalue weighted by Gasteiger charge is 1.97. The molecule has 0 aromatic heterocycles. The maximum Gasteiger partial charge on any atom is 0.141 e. The van der Waals surface area contributed by atoms with Gasteiger partial charge in [-0.05, 0) is 18.2 Å². The average molecular weight is 191 g/mol. The monoisotopic (exact) mass is 191 g/mol. The summed E-state index contributed by atoms with van der Waals surface area (Å²) in [7, 11) is 1.57. The summed E-state index contributed by atoms with van der Waals surface area (Å²) >= 11 is 0. The molecule has 14 heavy (non-hydrogen) atoms. The van der Waals surface area contributed by atoms with Gasteiger partial charge in [0.05, 0.1) is 19.4 Å². The van der Waals surface area contributed by atoms with E-state index in [0.29, 0.717) is 17.9 Å². The van der Waals surface area contributed by atoms with Crippen molar-refractivity contribution < 1.29 is 9.84 Å². The number of aliphatic hydroxyl groups excluding tert-OH is 1. The van der Waals surface area contributed by atoms with Gasteiger partial charge in [0.25, 0.3) is 0 Å². The number of aliphatic hydroxyl groups is 1. The van der Waals surface area contributed by atoms with Crippen molar-refractivity contribution in [2.75, 3.05) is 19.5 Å². The van der Waals surface area contributed by atoms with E-state index in [1.165, 1.54) is 0 Å². The Kier molecular flexibility index (Phi) is 3.84. The summed E-state index contributed by atoms with van der Waals surface area (Å²) in [5, 5.41) is 8.53. The number of ether oxygens (including phenoxy) is 1. The van der Waals surface area contributed by atoms with Crippen LogP contribution in [0.4, 0.5) is 5.69 Å². The van der Waals surface area contributed by atoms with Crippen molar-refractivity contribution in [3.63, 3.8) is 0 Å². The fourth-order valence-electron chi connectivity index (χ4n) is 1.03. The van der Waals surface area contributed by atoms with E-state index in [4.69, 9.17) is 15.6 Å². The Morgan fingerprint density at radius 1 is 1.50 bits per heavy atom. The Bertz CT molecular complexity index is 363. The van der Waals surface area contributed by atoms with Gasteiger partial charge in [0, 0.05) is 12.0 Å². The SMILES string of the molecule is COc1ccc(C#CCCO)cc1N. The molecular weight excluding hydrogens is 178 g/mol. The van der Waals surface area contributed by atoms with Crippen LogP contribution >= 0.6 is 0 Å². The molecule has 74 valence electrons. The zero-order chi connectivity index (χ0) is 10.4. The molecule has 0 saturated carbocycles. The van der Waals surface area contributed by atoms with Crippen LogP contribution in [0.1, 0.15) is 12.0 Å². The summed E-state index contributed by atoms with van der Waals surface area (Å²) in [5.74, 6) is 6.36. The van der Waals surface area contributed by atoms with Gasteiger partial charge < -0.3 is 15.6 Å². The third-order valence-electron chi connectivity index (χ3n) is 1.70. The fourth-order valence-corrected chi connectivity index (χ4v) is 1.03. The molecule has 0 saturated heterocycles. The van der Waals surface area contributed by atoms with Gasteiger partial charge in [0.15, 0.2) is 0 Å². The van der Waals surface area contributed by atoms with E-state index in [0.717, 1.165) is 5.56 Å². The molecule has 1 aromatic carbocycles. The zero-order valence-corrected chi connectivity index (χ0v) is 8.08. The molecule has 0 atom stereocenters. The van der Waals surface area contributed by atoms with Gasteiger partial charge in [-0.15, -0.1) is 0 Å². The number of rotatable bonds is 2. The quantitative estimate of drug-likeness (QED) is 0.542. The first-order valence-corrected chi connectivity index (χ1v) is 4.31. The van der Waals surface area contributed by atoms with Crippen molar-refractivity contribution in [1.29, 1.82) is 0 Å². The van der Waals surface area contributed by atoms with Crippen molar-refractivity contribution >= 4 is 5.69 Å². The zero-order valence-electron chi connectivity index (χ0n) is 8.08. The molecule has 1 rings (SSSR count). The van der Waals surface area contributed by atoms with Crippen LogP contribution in [0.15, 0.2) is 18.2 Å². The minimum Gasteiger partial charge on any atom is -0.495 e. The second-order valence-electron chi connectivity index (χ2n) is 2.73. The van der Waals surface area contributed by atoms with E-state index >= 15 is 0 Å². The van der Waals surface area contributed by atoms with Gasteiger partial charge in [-0.25, -0.2) is 0 Å². The third kappa shape index (κ3) is 2.68. The van der Waals surface area contributed by atoms with Crippen molar-refractivity contribution in [2.24, 2.45) is 0 Å². The number of anilines is 1. The summed E-state index contributed by atoms with van der Waals surface area (Å²) in [4.78, 5) is 0. The summed E-state index contributed by atoms with van der Waals surface area (Å²) in [6, 6.07) is 5.36. The van der Waals surface area contributed by atoms with Gasteiger partial charge in [-0.1, -0.05) is 11.8 Å². The number of hydrogen-bond donors (Lipinski definition) is 2. The van der Waals surface area contributed by atoms with Crippen LogP contribution in [0.25, 0.3) is 0 Å². The van der Waals surface area contributed by atoms with Crippen molar-refractivity contribution in [1.82, 2.24) is 0 Å². The summed E-state index contributed by atoms with van der Waals surface area (Å²) in [6.07, 6.45) is 0.478. The Labute approximate surface area is 83.5 Å². The maximum absolute atomic E-state index is 8.53. The molecule has 3 nitrogen and oxygen atoms in total. The Hall–Kier alpha value is -1.66. The van der Waals surface area contributed by atoms with E-state index < -0.39 is 0 Å².